The van der Waals surface area contributed by atoms with Gasteiger partial charge in [-0.2, -0.15) is 0 Å². The lowest BCUT2D eigenvalue weighted by Crippen LogP contribution is -2.13. The molecule has 4 N–H and O–H groups in total. The van der Waals surface area contributed by atoms with E-state index < -0.39 is 5.91 Å². The zero-order valence-corrected chi connectivity index (χ0v) is 15.3. The largest absolute Gasteiger partial charge is 0.507 e. The number of benzene rings is 2. The number of aromatic nitrogens is 3. The molecule has 4 aromatic rings. The normalized spacial score (nSPS) is 10.9. The predicted octanol–water partition coefficient (Wildman–Crippen LogP) is 2.58. The summed E-state index contributed by atoms with van der Waals surface area (Å²) in [6, 6.07) is 15.4. The smallest absolute Gasteiger partial charge is 0.252 e. The molecule has 7 nitrogen and oxygen atoms in total. The van der Waals surface area contributed by atoms with Gasteiger partial charge in [-0.1, -0.05) is 24.3 Å². The summed E-state index contributed by atoms with van der Waals surface area (Å²) in [5.41, 5.74) is 9.05. The highest BCUT2D eigenvalue weighted by Crippen LogP contribution is 2.27. The molecule has 0 saturated carbocycles. The fourth-order valence-electron chi connectivity index (χ4n) is 3.19. The summed E-state index contributed by atoms with van der Waals surface area (Å²) >= 11 is 0. The average Bonchev–Trinajstić information content (AvgIpc) is 2.72. The van der Waals surface area contributed by atoms with Crippen LogP contribution in [0.5, 0.6) is 5.75 Å². The maximum atomic E-state index is 11.6. The van der Waals surface area contributed by atoms with E-state index in [4.69, 9.17) is 5.73 Å². The number of nitrogens with one attached hydrogen (secondary N) is 1. The van der Waals surface area contributed by atoms with Gasteiger partial charge in [0.05, 0.1) is 11.2 Å². The van der Waals surface area contributed by atoms with E-state index in [0.717, 1.165) is 17.2 Å². The second kappa shape index (κ2) is 7.55. The quantitative estimate of drug-likeness (QED) is 0.487. The van der Waals surface area contributed by atoms with Crippen molar-refractivity contribution in [3.63, 3.8) is 0 Å². The van der Waals surface area contributed by atoms with E-state index in [9.17, 15) is 14.7 Å². The first kappa shape index (κ1) is 18.4. The van der Waals surface area contributed by atoms with Crippen molar-refractivity contribution in [3.8, 4) is 17.0 Å². The van der Waals surface area contributed by atoms with Crippen LogP contribution in [0.4, 0.5) is 0 Å². The third kappa shape index (κ3) is 3.84. The van der Waals surface area contributed by atoms with Crippen molar-refractivity contribution in [2.24, 2.45) is 5.73 Å². The van der Waals surface area contributed by atoms with Gasteiger partial charge in [-0.3, -0.25) is 9.59 Å². The van der Waals surface area contributed by atoms with Crippen LogP contribution in [-0.2, 0) is 6.42 Å². The second-order valence-corrected chi connectivity index (χ2v) is 6.54. The number of nitrogens with zero attached hydrogens (tertiary/aromatic N) is 2. The highest BCUT2D eigenvalue weighted by Gasteiger charge is 2.10. The molecule has 2 aromatic heterocycles. The lowest BCUT2D eigenvalue weighted by molar-refractivity contribution is 0.0999. The molecule has 0 atom stereocenters. The Morgan fingerprint density at radius 2 is 1.93 bits per heavy atom. The van der Waals surface area contributed by atoms with Gasteiger partial charge in [-0.15, -0.1) is 0 Å². The Labute approximate surface area is 165 Å². The molecule has 2 heterocycles. The minimum atomic E-state index is -0.466. The number of H-pyrrole nitrogens is 1. The zero-order valence-electron chi connectivity index (χ0n) is 15.3. The van der Waals surface area contributed by atoms with Gasteiger partial charge in [0.2, 0.25) is 5.91 Å². The molecular weight excluding hydrogens is 368 g/mol. The molecule has 0 bridgehead atoms. The third-order valence-corrected chi connectivity index (χ3v) is 4.62. The molecule has 29 heavy (non-hydrogen) atoms. The van der Waals surface area contributed by atoms with Crippen LogP contribution in [0.2, 0.25) is 0 Å². The maximum Gasteiger partial charge on any atom is 0.252 e. The van der Waals surface area contributed by atoms with Crippen LogP contribution in [-0.4, -0.2) is 26.0 Å². The summed E-state index contributed by atoms with van der Waals surface area (Å²) in [4.78, 5) is 34.3. The van der Waals surface area contributed by atoms with Crippen LogP contribution in [0.15, 0.2) is 65.7 Å². The van der Waals surface area contributed by atoms with E-state index in [1.807, 2.05) is 30.7 Å². The second-order valence-electron chi connectivity index (χ2n) is 6.54. The average molecular weight is 385 g/mol. The highest BCUT2D eigenvalue weighted by molar-refractivity contribution is 5.94. The number of primary amides is 1. The predicted molar refractivity (Wildman–Crippen MR) is 109 cm³/mol. The van der Waals surface area contributed by atoms with Crippen LogP contribution >= 0.6 is 0 Å². The lowest BCUT2D eigenvalue weighted by Gasteiger charge is -2.08. The van der Waals surface area contributed by atoms with Crippen LogP contribution < -0.4 is 11.3 Å². The summed E-state index contributed by atoms with van der Waals surface area (Å²) in [5, 5.41) is 10.6. The Kier molecular flexibility index (Phi) is 4.78. The number of aromatic amines is 1. The molecule has 1 radical (unpaired) electrons. The minimum Gasteiger partial charge on any atom is -0.507 e. The maximum absolute atomic E-state index is 11.6. The molecule has 0 unspecified atom stereocenters. The number of nitrogens with two attached hydrogens (primary N) is 1. The minimum absolute atomic E-state index is 0.0884. The van der Waals surface area contributed by atoms with Gasteiger partial charge < -0.3 is 15.8 Å². The molecule has 1 amide bonds. The molecule has 0 aliphatic rings. The number of carbonyl (C=O) groups is 1. The number of pyridine rings is 1. The molecule has 0 spiro atoms. The number of amides is 1. The van der Waals surface area contributed by atoms with E-state index in [2.05, 4.69) is 15.0 Å². The van der Waals surface area contributed by atoms with Crippen molar-refractivity contribution < 1.29 is 9.90 Å². The highest BCUT2D eigenvalue weighted by atomic mass is 16.3. The number of carbonyl (C=O) groups excluding carboxylic acids is 1. The standard InChI is InChI=1S/C22H17N4O3/c23-22(29)16-4-2-1-3-13(16)5-7-15-10-19(25-12-24-15)14-6-8-18-17(9-14)20(27)11-21(28)26-18/h1-4,6-12H,5H2,(H2,23,29)(H2,26,27,28). The SMILES string of the molecule is NC(=O)c1ccccc1C[CH]c1cc(-c2ccc3[nH]c(=O)cc(O)c3c2)ncn1. The molecule has 0 aliphatic carbocycles. The Balaban J connectivity index is 1.62. The van der Waals surface area contributed by atoms with E-state index >= 15 is 0 Å². The van der Waals surface area contributed by atoms with Gasteiger partial charge in [0.15, 0.2) is 0 Å². The molecule has 7 heteroatoms. The van der Waals surface area contributed by atoms with Crippen LogP contribution in [0.3, 0.4) is 0 Å². The first-order chi connectivity index (χ1) is 14.0. The first-order valence-electron chi connectivity index (χ1n) is 8.90. The van der Waals surface area contributed by atoms with Crippen molar-refractivity contribution in [1.29, 1.82) is 0 Å². The molecule has 4 rings (SSSR count). The van der Waals surface area contributed by atoms with Gasteiger partial charge in [-0.25, -0.2) is 9.97 Å². The first-order valence-corrected chi connectivity index (χ1v) is 8.90. The summed E-state index contributed by atoms with van der Waals surface area (Å²) < 4.78 is 0. The van der Waals surface area contributed by atoms with Crippen molar-refractivity contribution in [1.82, 2.24) is 15.0 Å². The van der Waals surface area contributed by atoms with Crippen LogP contribution in [0.1, 0.15) is 21.6 Å². The number of hydrogen-bond acceptors (Lipinski definition) is 5. The van der Waals surface area contributed by atoms with Crippen molar-refractivity contribution in [2.75, 3.05) is 0 Å². The number of fused-ring (bicyclic) bond motifs is 1. The van der Waals surface area contributed by atoms with Gasteiger partial charge in [0, 0.05) is 34.7 Å². The van der Waals surface area contributed by atoms with E-state index in [-0.39, 0.29) is 11.3 Å². The van der Waals surface area contributed by atoms with E-state index in [0.29, 0.717) is 34.3 Å². The zero-order chi connectivity index (χ0) is 20.4. The van der Waals surface area contributed by atoms with E-state index in [1.165, 1.54) is 6.33 Å². The molecule has 143 valence electrons. The Hall–Kier alpha value is -4.00. The summed E-state index contributed by atoms with van der Waals surface area (Å²) in [6.07, 6.45) is 3.84. The Bertz CT molecular complexity index is 1280. The lowest BCUT2D eigenvalue weighted by atomic mass is 10.0. The Morgan fingerprint density at radius 3 is 2.76 bits per heavy atom. The summed E-state index contributed by atoms with van der Waals surface area (Å²) in [5.74, 6) is -0.555. The fourth-order valence-corrected chi connectivity index (χ4v) is 3.19. The summed E-state index contributed by atoms with van der Waals surface area (Å²) in [6.45, 7) is 0. The monoisotopic (exact) mass is 385 g/mol. The van der Waals surface area contributed by atoms with Gasteiger partial charge in [-0.05, 0) is 36.2 Å². The fraction of sp³-hybridized carbons (Fsp3) is 0.0455. The molecular formula is C22H17N4O3. The van der Waals surface area contributed by atoms with Crippen LogP contribution in [0, 0.1) is 6.42 Å². The van der Waals surface area contributed by atoms with Gasteiger partial charge in [0.25, 0.3) is 5.56 Å². The number of rotatable bonds is 5. The molecule has 2 aromatic carbocycles. The van der Waals surface area contributed by atoms with E-state index in [1.54, 1.807) is 24.3 Å². The summed E-state index contributed by atoms with van der Waals surface area (Å²) in [7, 11) is 0. The Morgan fingerprint density at radius 1 is 1.10 bits per heavy atom. The molecule has 0 fully saturated rings. The topological polar surface area (TPSA) is 122 Å². The van der Waals surface area contributed by atoms with Crippen molar-refractivity contribution in [2.45, 2.75) is 6.42 Å². The van der Waals surface area contributed by atoms with Gasteiger partial charge in [0.1, 0.15) is 12.1 Å². The number of hydrogen-bond donors (Lipinski definition) is 3. The molecule has 0 saturated heterocycles. The van der Waals surface area contributed by atoms with Gasteiger partial charge >= 0.3 is 0 Å². The van der Waals surface area contributed by atoms with Crippen molar-refractivity contribution >= 4 is 16.8 Å². The van der Waals surface area contributed by atoms with Crippen LogP contribution in [0.25, 0.3) is 22.2 Å². The van der Waals surface area contributed by atoms with Crippen molar-refractivity contribution in [3.05, 3.63) is 94.5 Å². The molecule has 0 aliphatic heterocycles. The number of aromatic hydroxyl groups is 1. The third-order valence-electron chi connectivity index (χ3n) is 4.62.